The first kappa shape index (κ1) is 22.6. The molecule has 2 fully saturated rings. The number of rotatable bonds is 6. The zero-order valence-corrected chi connectivity index (χ0v) is 19.6. The molecule has 3 amide bonds. The van der Waals surface area contributed by atoms with E-state index < -0.39 is 41.9 Å². The van der Waals surface area contributed by atoms with Gasteiger partial charge in [-0.3, -0.25) is 19.2 Å². The SMILES string of the molecule is COc1cccc(C(=O)CN(C(=O)c2ccc(Cl)c(Cl)c2)N2C(=O)[C@@H]3[C@H](C2=O)[C@H]2C=C[C@H]3C2)c1. The highest BCUT2D eigenvalue weighted by Crippen LogP contribution is 2.52. The molecule has 9 heteroatoms. The van der Waals surface area contributed by atoms with E-state index in [9.17, 15) is 19.2 Å². The van der Waals surface area contributed by atoms with Crippen LogP contribution in [0.3, 0.4) is 0 Å². The third-order valence-corrected chi connectivity index (χ3v) is 7.51. The molecule has 2 aliphatic carbocycles. The molecule has 174 valence electrons. The number of fused-ring (bicyclic) bond motifs is 5. The van der Waals surface area contributed by atoms with Gasteiger partial charge in [-0.2, -0.15) is 5.01 Å². The minimum atomic E-state index is -0.697. The molecule has 4 atom stereocenters. The summed E-state index contributed by atoms with van der Waals surface area (Å²) in [7, 11) is 1.48. The van der Waals surface area contributed by atoms with E-state index in [0.29, 0.717) is 5.75 Å². The third kappa shape index (κ3) is 3.60. The third-order valence-electron chi connectivity index (χ3n) is 6.77. The Labute approximate surface area is 205 Å². The summed E-state index contributed by atoms with van der Waals surface area (Å²) in [6.07, 6.45) is 4.68. The van der Waals surface area contributed by atoms with Gasteiger partial charge in [-0.1, -0.05) is 47.5 Å². The summed E-state index contributed by atoms with van der Waals surface area (Å²) in [6.45, 7) is -0.508. The fourth-order valence-electron chi connectivity index (χ4n) is 5.16. The van der Waals surface area contributed by atoms with Gasteiger partial charge in [-0.15, -0.1) is 0 Å². The number of ether oxygens (including phenoxy) is 1. The van der Waals surface area contributed by atoms with E-state index in [0.717, 1.165) is 16.4 Å². The predicted molar refractivity (Wildman–Crippen MR) is 124 cm³/mol. The molecule has 0 aromatic heterocycles. The Hall–Kier alpha value is -3.16. The second-order valence-electron chi connectivity index (χ2n) is 8.63. The summed E-state index contributed by atoms with van der Waals surface area (Å²) < 4.78 is 5.18. The standard InChI is InChI=1S/C25H20Cl2N2O5/c1-34-17-4-2-3-13(10-17)20(30)12-28(23(31)16-7-8-18(26)19(27)11-16)29-24(32)21-14-5-6-15(9-14)22(21)25(29)33/h2-8,10-11,14-15,21-22H,9,12H2,1H3/t14-,15-,21-,22+/m0/s1. The normalized spacial score (nSPS) is 24.5. The van der Waals surface area contributed by atoms with Crippen molar-refractivity contribution in [2.75, 3.05) is 13.7 Å². The molecule has 0 N–H and O–H groups in total. The number of carbonyl (C=O) groups excluding carboxylic acids is 4. The van der Waals surface area contributed by atoms with Gasteiger partial charge in [0.1, 0.15) is 12.3 Å². The van der Waals surface area contributed by atoms with Gasteiger partial charge >= 0.3 is 0 Å². The maximum absolute atomic E-state index is 13.6. The van der Waals surface area contributed by atoms with Gasteiger partial charge in [-0.25, -0.2) is 5.01 Å². The Kier molecular flexibility index (Phi) is 5.70. The van der Waals surface area contributed by atoms with Crippen LogP contribution < -0.4 is 4.74 Å². The number of halogens is 2. The van der Waals surface area contributed by atoms with Crippen LogP contribution in [0.15, 0.2) is 54.6 Å². The molecule has 1 saturated carbocycles. The lowest BCUT2D eigenvalue weighted by atomic mass is 9.85. The highest BCUT2D eigenvalue weighted by molar-refractivity contribution is 6.42. The Bertz CT molecular complexity index is 1230. The average molecular weight is 499 g/mol. The molecule has 0 unspecified atom stereocenters. The van der Waals surface area contributed by atoms with Crippen molar-refractivity contribution in [3.05, 3.63) is 75.8 Å². The molecule has 2 aromatic carbocycles. The summed E-state index contributed by atoms with van der Waals surface area (Å²) in [5.41, 5.74) is 0.388. The van der Waals surface area contributed by atoms with E-state index in [1.54, 1.807) is 18.2 Å². The molecule has 0 spiro atoms. The van der Waals surface area contributed by atoms with E-state index in [2.05, 4.69) is 0 Å². The minimum absolute atomic E-state index is 0.0348. The molecule has 1 heterocycles. The summed E-state index contributed by atoms with van der Waals surface area (Å²) in [6, 6.07) is 10.7. The van der Waals surface area contributed by atoms with Gasteiger partial charge in [0.2, 0.25) is 0 Å². The smallest absolute Gasteiger partial charge is 0.273 e. The highest BCUT2D eigenvalue weighted by atomic mass is 35.5. The van der Waals surface area contributed by atoms with E-state index in [4.69, 9.17) is 27.9 Å². The van der Waals surface area contributed by atoms with E-state index in [-0.39, 0.29) is 33.0 Å². The second-order valence-corrected chi connectivity index (χ2v) is 9.45. The van der Waals surface area contributed by atoms with Gasteiger partial charge in [0, 0.05) is 11.1 Å². The largest absolute Gasteiger partial charge is 0.497 e. The van der Waals surface area contributed by atoms with Crippen molar-refractivity contribution in [2.45, 2.75) is 6.42 Å². The fraction of sp³-hybridized carbons (Fsp3) is 0.280. The number of benzene rings is 2. The number of amides is 3. The molecule has 3 aliphatic rings. The lowest BCUT2D eigenvalue weighted by molar-refractivity contribution is -0.154. The van der Waals surface area contributed by atoms with Crippen molar-refractivity contribution in [1.82, 2.24) is 10.0 Å². The van der Waals surface area contributed by atoms with Crippen LogP contribution in [0.4, 0.5) is 0 Å². The molecule has 0 radical (unpaired) electrons. The van der Waals surface area contributed by atoms with E-state index >= 15 is 0 Å². The van der Waals surface area contributed by atoms with Crippen molar-refractivity contribution in [3.63, 3.8) is 0 Å². The molecule has 7 nitrogen and oxygen atoms in total. The molecule has 2 bridgehead atoms. The number of hydrazine groups is 1. The first-order valence-electron chi connectivity index (χ1n) is 10.8. The zero-order chi connectivity index (χ0) is 24.1. The second kappa shape index (κ2) is 8.56. The molecule has 1 aliphatic heterocycles. The van der Waals surface area contributed by atoms with Gasteiger partial charge in [0.05, 0.1) is 29.0 Å². The molecule has 1 saturated heterocycles. The Morgan fingerprint density at radius 3 is 2.26 bits per heavy atom. The monoisotopic (exact) mass is 498 g/mol. The number of imide groups is 1. The summed E-state index contributed by atoms with van der Waals surface area (Å²) >= 11 is 12.1. The lowest BCUT2D eigenvalue weighted by Gasteiger charge is -2.31. The summed E-state index contributed by atoms with van der Waals surface area (Å²) in [5.74, 6) is -2.70. The van der Waals surface area contributed by atoms with Gasteiger partial charge in [0.15, 0.2) is 5.78 Å². The minimum Gasteiger partial charge on any atom is -0.497 e. The number of methoxy groups -OCH3 is 1. The lowest BCUT2D eigenvalue weighted by Crippen LogP contribution is -2.52. The first-order valence-corrected chi connectivity index (χ1v) is 11.6. The van der Waals surface area contributed by atoms with Crippen LogP contribution in [-0.4, -0.2) is 47.2 Å². The van der Waals surface area contributed by atoms with E-state index in [1.165, 1.54) is 31.4 Å². The maximum Gasteiger partial charge on any atom is 0.273 e. The number of nitrogens with zero attached hydrogens (tertiary/aromatic N) is 2. The number of hydrogen-bond donors (Lipinski definition) is 0. The molecular formula is C25H20Cl2N2O5. The quantitative estimate of drug-likeness (QED) is 0.340. The van der Waals surface area contributed by atoms with Gasteiger partial charge in [-0.05, 0) is 48.6 Å². The van der Waals surface area contributed by atoms with Crippen LogP contribution >= 0.6 is 23.2 Å². The first-order chi connectivity index (χ1) is 16.3. The molecular weight excluding hydrogens is 479 g/mol. The van der Waals surface area contributed by atoms with Crippen LogP contribution in [0.5, 0.6) is 5.75 Å². The molecule has 5 rings (SSSR count). The molecule has 34 heavy (non-hydrogen) atoms. The van der Waals surface area contributed by atoms with E-state index in [1.807, 2.05) is 12.2 Å². The zero-order valence-electron chi connectivity index (χ0n) is 18.1. The number of Topliss-reactive ketones (excluding diaryl/α,β-unsaturated/α-hetero) is 1. The average Bonchev–Trinajstić information content (AvgIpc) is 3.52. The topological polar surface area (TPSA) is 84.0 Å². The highest BCUT2D eigenvalue weighted by Gasteiger charge is 2.61. The van der Waals surface area contributed by atoms with Crippen LogP contribution in [0.1, 0.15) is 27.1 Å². The Morgan fingerprint density at radius 2 is 1.65 bits per heavy atom. The van der Waals surface area contributed by atoms with Crippen molar-refractivity contribution >= 4 is 46.7 Å². The van der Waals surface area contributed by atoms with Crippen LogP contribution in [0.2, 0.25) is 10.0 Å². The summed E-state index contributed by atoms with van der Waals surface area (Å²) in [4.78, 5) is 53.5. The van der Waals surface area contributed by atoms with Crippen LogP contribution in [-0.2, 0) is 9.59 Å². The fourth-order valence-corrected chi connectivity index (χ4v) is 5.46. The van der Waals surface area contributed by atoms with Gasteiger partial charge < -0.3 is 4.74 Å². The maximum atomic E-state index is 13.6. The number of hydrogen-bond acceptors (Lipinski definition) is 5. The van der Waals surface area contributed by atoms with Crippen molar-refractivity contribution < 1.29 is 23.9 Å². The van der Waals surface area contributed by atoms with Crippen molar-refractivity contribution in [2.24, 2.45) is 23.7 Å². The number of ketones is 1. The van der Waals surface area contributed by atoms with Crippen LogP contribution in [0, 0.1) is 23.7 Å². The Morgan fingerprint density at radius 1 is 0.971 bits per heavy atom. The predicted octanol–water partition coefficient (Wildman–Crippen LogP) is 4.05. The van der Waals surface area contributed by atoms with Gasteiger partial charge in [0.25, 0.3) is 17.7 Å². The van der Waals surface area contributed by atoms with Crippen molar-refractivity contribution in [3.8, 4) is 5.75 Å². The summed E-state index contributed by atoms with van der Waals surface area (Å²) in [5, 5.41) is 2.20. The Balaban J connectivity index is 1.51. The van der Waals surface area contributed by atoms with Crippen molar-refractivity contribution in [1.29, 1.82) is 0 Å². The number of allylic oxidation sites excluding steroid dienone is 2. The molecule has 2 aromatic rings. The number of carbonyl (C=O) groups is 4. The van der Waals surface area contributed by atoms with Crippen LogP contribution in [0.25, 0.3) is 0 Å².